The molecular formula is C26H20Cl2N2O3S2. The highest BCUT2D eigenvalue weighted by molar-refractivity contribution is 8.26. The molecule has 1 aliphatic rings. The van der Waals surface area contributed by atoms with Gasteiger partial charge >= 0.3 is 0 Å². The Morgan fingerprint density at radius 3 is 2.57 bits per heavy atom. The number of carbonyl (C=O) groups is 2. The van der Waals surface area contributed by atoms with Gasteiger partial charge in [0.05, 0.1) is 20.6 Å². The zero-order chi connectivity index (χ0) is 24.8. The highest BCUT2D eigenvalue weighted by Gasteiger charge is 2.31. The van der Waals surface area contributed by atoms with Crippen molar-refractivity contribution in [3.8, 4) is 5.75 Å². The second-order valence-corrected chi connectivity index (χ2v) is 10.0. The molecule has 0 unspecified atom stereocenters. The van der Waals surface area contributed by atoms with Crippen LogP contribution < -0.4 is 10.1 Å². The Hall–Kier alpha value is -2.84. The van der Waals surface area contributed by atoms with Crippen molar-refractivity contribution >= 4 is 75.1 Å². The molecule has 1 saturated heterocycles. The summed E-state index contributed by atoms with van der Waals surface area (Å²) in [5.41, 5.74) is 2.21. The monoisotopic (exact) mass is 542 g/mol. The van der Waals surface area contributed by atoms with Crippen LogP contribution in [0.1, 0.15) is 11.1 Å². The molecule has 1 fully saturated rings. The van der Waals surface area contributed by atoms with Crippen LogP contribution in [0.3, 0.4) is 0 Å². The van der Waals surface area contributed by atoms with E-state index in [0.29, 0.717) is 44.2 Å². The van der Waals surface area contributed by atoms with Gasteiger partial charge in [0.15, 0.2) is 6.61 Å². The maximum atomic E-state index is 13.0. The van der Waals surface area contributed by atoms with Gasteiger partial charge in [-0.2, -0.15) is 0 Å². The zero-order valence-corrected chi connectivity index (χ0v) is 21.5. The molecule has 1 heterocycles. The van der Waals surface area contributed by atoms with Gasteiger partial charge in [0.2, 0.25) is 0 Å². The van der Waals surface area contributed by atoms with E-state index in [-0.39, 0.29) is 17.5 Å². The molecule has 0 aliphatic carbocycles. The molecule has 0 aromatic heterocycles. The van der Waals surface area contributed by atoms with Crippen molar-refractivity contribution in [3.05, 3.63) is 98.9 Å². The summed E-state index contributed by atoms with van der Waals surface area (Å²) in [5, 5.41) is 3.29. The summed E-state index contributed by atoms with van der Waals surface area (Å²) < 4.78 is 6.27. The number of anilines is 1. The Bertz CT molecular complexity index is 1300. The van der Waals surface area contributed by atoms with Gasteiger partial charge < -0.3 is 10.1 Å². The maximum Gasteiger partial charge on any atom is 0.266 e. The molecule has 0 spiro atoms. The van der Waals surface area contributed by atoms with Gasteiger partial charge in [0.25, 0.3) is 11.8 Å². The van der Waals surface area contributed by atoms with Gasteiger partial charge in [-0.25, -0.2) is 0 Å². The second kappa shape index (κ2) is 11.7. The molecule has 1 N–H and O–H groups in total. The van der Waals surface area contributed by atoms with Crippen molar-refractivity contribution in [3.63, 3.8) is 0 Å². The number of nitrogens with one attached hydrogen (secondary N) is 1. The van der Waals surface area contributed by atoms with Crippen LogP contribution >= 0.6 is 47.2 Å². The topological polar surface area (TPSA) is 58.6 Å². The summed E-state index contributed by atoms with van der Waals surface area (Å²) >= 11 is 18.8. The first kappa shape index (κ1) is 25.3. The van der Waals surface area contributed by atoms with Crippen molar-refractivity contribution < 1.29 is 14.3 Å². The molecule has 4 rings (SSSR count). The fraction of sp³-hybridized carbons (Fsp3) is 0.115. The number of benzene rings is 3. The number of amides is 2. The minimum absolute atomic E-state index is 0.140. The first-order chi connectivity index (χ1) is 16.9. The Balaban J connectivity index is 1.41. The smallest absolute Gasteiger partial charge is 0.266 e. The number of ether oxygens (including phenoxy) is 1. The predicted molar refractivity (Wildman–Crippen MR) is 147 cm³/mol. The molecule has 5 nitrogen and oxygen atoms in total. The van der Waals surface area contributed by atoms with E-state index in [9.17, 15) is 9.59 Å². The van der Waals surface area contributed by atoms with Crippen LogP contribution in [-0.2, 0) is 16.0 Å². The summed E-state index contributed by atoms with van der Waals surface area (Å²) in [7, 11) is 0. The number of rotatable bonds is 8. The SMILES string of the molecule is O=C(COc1ccccc1/C=C1\SC(=S)N(CCc2ccccc2)C1=O)Nc1cccc(Cl)c1Cl. The molecule has 0 saturated carbocycles. The number of thioether (sulfide) groups is 1. The summed E-state index contributed by atoms with van der Waals surface area (Å²) in [5.74, 6) is -0.0651. The van der Waals surface area contributed by atoms with E-state index >= 15 is 0 Å². The number of hydrogen-bond acceptors (Lipinski definition) is 5. The third-order valence-electron chi connectivity index (χ3n) is 5.13. The van der Waals surface area contributed by atoms with Crippen LogP contribution in [-0.4, -0.2) is 34.2 Å². The number of carbonyl (C=O) groups excluding carboxylic acids is 2. The molecule has 0 bridgehead atoms. The fourth-order valence-electron chi connectivity index (χ4n) is 3.38. The fourth-order valence-corrected chi connectivity index (χ4v) is 5.03. The summed E-state index contributed by atoms with van der Waals surface area (Å²) in [4.78, 5) is 27.5. The summed E-state index contributed by atoms with van der Waals surface area (Å²) in [6.45, 7) is 0.266. The van der Waals surface area contributed by atoms with E-state index < -0.39 is 5.91 Å². The lowest BCUT2D eigenvalue weighted by molar-refractivity contribution is -0.122. The minimum Gasteiger partial charge on any atom is -0.483 e. The molecule has 0 atom stereocenters. The molecule has 3 aromatic carbocycles. The van der Waals surface area contributed by atoms with Crippen LogP contribution in [0.15, 0.2) is 77.7 Å². The molecule has 35 heavy (non-hydrogen) atoms. The normalized spacial score (nSPS) is 14.5. The molecule has 2 amide bonds. The predicted octanol–water partition coefficient (Wildman–Crippen LogP) is 6.45. The zero-order valence-electron chi connectivity index (χ0n) is 18.4. The largest absolute Gasteiger partial charge is 0.483 e. The molecule has 9 heteroatoms. The Labute approximate surface area is 223 Å². The highest BCUT2D eigenvalue weighted by atomic mass is 35.5. The molecule has 3 aromatic rings. The van der Waals surface area contributed by atoms with E-state index in [1.54, 1.807) is 41.3 Å². The number of nitrogens with zero attached hydrogens (tertiary/aromatic N) is 1. The van der Waals surface area contributed by atoms with E-state index in [0.717, 1.165) is 5.56 Å². The minimum atomic E-state index is -0.392. The van der Waals surface area contributed by atoms with Crippen molar-refractivity contribution in [2.24, 2.45) is 0 Å². The molecule has 0 radical (unpaired) electrons. The number of para-hydroxylation sites is 1. The van der Waals surface area contributed by atoms with Gasteiger partial charge in [-0.1, -0.05) is 102 Å². The standard InChI is InChI=1S/C26H20Cl2N2O3S2/c27-19-10-6-11-20(24(19)28)29-23(31)16-33-21-12-5-4-9-18(21)15-22-25(32)30(26(34)35-22)14-13-17-7-2-1-3-8-17/h1-12,15H,13-14,16H2,(H,29,31)/b22-15-. The number of hydrogen-bond donors (Lipinski definition) is 1. The third-order valence-corrected chi connectivity index (χ3v) is 7.33. The Morgan fingerprint density at radius 2 is 1.77 bits per heavy atom. The second-order valence-electron chi connectivity index (χ2n) is 7.55. The van der Waals surface area contributed by atoms with Gasteiger partial charge in [0.1, 0.15) is 10.1 Å². The quantitative estimate of drug-likeness (QED) is 0.261. The Morgan fingerprint density at radius 1 is 1.03 bits per heavy atom. The van der Waals surface area contributed by atoms with Gasteiger partial charge in [-0.15, -0.1) is 0 Å². The Kier molecular flexibility index (Phi) is 8.46. The highest BCUT2D eigenvalue weighted by Crippen LogP contribution is 2.34. The first-order valence-corrected chi connectivity index (χ1v) is 12.7. The van der Waals surface area contributed by atoms with E-state index in [2.05, 4.69) is 5.32 Å². The van der Waals surface area contributed by atoms with E-state index in [1.807, 2.05) is 42.5 Å². The lowest BCUT2D eigenvalue weighted by Gasteiger charge is -2.14. The molecule has 178 valence electrons. The third kappa shape index (κ3) is 6.44. The average Bonchev–Trinajstić information content (AvgIpc) is 3.12. The van der Waals surface area contributed by atoms with Gasteiger partial charge in [-0.3, -0.25) is 14.5 Å². The van der Waals surface area contributed by atoms with Crippen LogP contribution in [0.5, 0.6) is 5.75 Å². The lowest BCUT2D eigenvalue weighted by atomic mass is 10.1. The van der Waals surface area contributed by atoms with Crippen LogP contribution in [0.2, 0.25) is 10.0 Å². The number of thiocarbonyl (C=S) groups is 1. The van der Waals surface area contributed by atoms with E-state index in [4.69, 9.17) is 40.2 Å². The van der Waals surface area contributed by atoms with Crippen LogP contribution in [0, 0.1) is 0 Å². The van der Waals surface area contributed by atoms with Crippen molar-refractivity contribution in [1.29, 1.82) is 0 Å². The van der Waals surface area contributed by atoms with Gasteiger partial charge in [-0.05, 0) is 36.3 Å². The van der Waals surface area contributed by atoms with Crippen LogP contribution in [0.4, 0.5) is 5.69 Å². The van der Waals surface area contributed by atoms with E-state index in [1.165, 1.54) is 11.8 Å². The van der Waals surface area contributed by atoms with Crippen molar-refractivity contribution in [1.82, 2.24) is 4.90 Å². The number of halogens is 2. The maximum absolute atomic E-state index is 13.0. The van der Waals surface area contributed by atoms with Crippen molar-refractivity contribution in [2.45, 2.75) is 6.42 Å². The van der Waals surface area contributed by atoms with Gasteiger partial charge in [0, 0.05) is 12.1 Å². The average molecular weight is 543 g/mol. The summed E-state index contributed by atoms with van der Waals surface area (Å²) in [6.07, 6.45) is 2.45. The first-order valence-electron chi connectivity index (χ1n) is 10.7. The van der Waals surface area contributed by atoms with Crippen molar-refractivity contribution in [2.75, 3.05) is 18.5 Å². The molecule has 1 aliphatic heterocycles. The lowest BCUT2D eigenvalue weighted by Crippen LogP contribution is -2.30. The molecular weight excluding hydrogens is 523 g/mol. The summed E-state index contributed by atoms with van der Waals surface area (Å²) in [6, 6.07) is 22.1. The van der Waals surface area contributed by atoms with Crippen LogP contribution in [0.25, 0.3) is 6.08 Å².